The van der Waals surface area contributed by atoms with Crippen LogP contribution in [0.1, 0.15) is 156 Å². The first-order valence-electron chi connectivity index (χ1n) is 18.1. The molecule has 0 saturated carbocycles. The summed E-state index contributed by atoms with van der Waals surface area (Å²) in [6, 6.07) is 0. The molecular formula is C28H66O19P6Ti. The molecule has 26 heteroatoms. The molecule has 0 aromatic rings. The van der Waals surface area contributed by atoms with Gasteiger partial charge in [0.05, 0.1) is 19.8 Å². The maximum atomic E-state index is 10.8. The minimum absolute atomic E-state index is 0. The van der Waals surface area contributed by atoms with Crippen molar-refractivity contribution in [2.45, 2.75) is 156 Å². The maximum absolute atomic E-state index is 10.8. The molecule has 0 spiro atoms. The van der Waals surface area contributed by atoms with Crippen molar-refractivity contribution < 1.29 is 111 Å². The molecule has 0 saturated heterocycles. The summed E-state index contributed by atoms with van der Waals surface area (Å²) in [5, 5.41) is 9.53. The zero-order chi connectivity index (χ0) is 41.4. The summed E-state index contributed by atoms with van der Waals surface area (Å²) >= 11 is 0. The van der Waals surface area contributed by atoms with E-state index in [9.17, 15) is 48.2 Å². The van der Waals surface area contributed by atoms with Crippen molar-refractivity contribution in [2.24, 2.45) is 0 Å². The van der Waals surface area contributed by atoms with Crippen molar-refractivity contribution in [3.8, 4) is 0 Å². The molecule has 0 rings (SSSR count). The Bertz CT molecular complexity index is 780. The topological polar surface area (TPSA) is 329 Å². The van der Waals surface area contributed by atoms with Gasteiger partial charge in [0.1, 0.15) is 7.82 Å². The monoisotopic (exact) mass is 940 g/mol. The second-order valence-corrected chi connectivity index (χ2v) is 18.7. The van der Waals surface area contributed by atoms with Crippen molar-refractivity contribution in [3.05, 3.63) is 0 Å². The summed E-state index contributed by atoms with van der Waals surface area (Å²) in [7, 11) is -24.2. The van der Waals surface area contributed by atoms with Crippen LogP contribution in [0.3, 0.4) is 0 Å². The average molecular weight is 941 g/mol. The first-order valence-corrected chi connectivity index (χ1v) is 26.2. The van der Waals surface area contributed by atoms with Gasteiger partial charge < -0.3 is 53.7 Å². The third-order valence-electron chi connectivity index (χ3n) is 6.22. The Hall–Kier alpha value is 2.05. The number of rotatable bonds is 32. The van der Waals surface area contributed by atoms with Crippen LogP contribution in [-0.2, 0) is 61.9 Å². The summed E-state index contributed by atoms with van der Waals surface area (Å²) < 4.78 is 55.6. The number of hydrogen-bond acceptors (Lipinski definition) is 16. The summed E-state index contributed by atoms with van der Waals surface area (Å²) in [5.41, 5.74) is 0. The molecular weight excluding hydrogens is 874 g/mol. The van der Waals surface area contributed by atoms with Crippen molar-refractivity contribution in [3.63, 3.8) is 0 Å². The van der Waals surface area contributed by atoms with Crippen LogP contribution in [0, 0.1) is 0 Å². The van der Waals surface area contributed by atoms with E-state index in [0.29, 0.717) is 12.8 Å². The third kappa shape index (κ3) is 71.7. The fourth-order valence-corrected chi connectivity index (χ4v) is 7.45. The Morgan fingerprint density at radius 3 is 0.981 bits per heavy atom. The van der Waals surface area contributed by atoms with E-state index in [1.165, 1.54) is 44.9 Å². The molecule has 326 valence electrons. The van der Waals surface area contributed by atoms with E-state index >= 15 is 0 Å². The van der Waals surface area contributed by atoms with Crippen LogP contribution in [0.25, 0.3) is 0 Å². The van der Waals surface area contributed by atoms with Crippen LogP contribution >= 0.6 is 49.3 Å². The zero-order valence-electron chi connectivity index (χ0n) is 32.2. The number of hydrogen-bond donors (Lipinski definition) is 3. The molecule has 0 heterocycles. The normalized spacial score (nSPS) is 14.1. The smallest absolute Gasteiger partial charge is 0.854 e. The summed E-state index contributed by atoms with van der Waals surface area (Å²) in [6.07, 6.45) is 20.7. The fraction of sp³-hybridized carbons (Fsp3) is 1.00. The molecule has 3 N–H and O–H groups in total. The van der Waals surface area contributed by atoms with E-state index < -0.39 is 49.3 Å². The molecule has 4 unspecified atom stereocenters. The van der Waals surface area contributed by atoms with Crippen molar-refractivity contribution in [1.29, 1.82) is 0 Å². The van der Waals surface area contributed by atoms with Gasteiger partial charge in [-0.1, -0.05) is 137 Å². The first kappa shape index (κ1) is 65.2. The second kappa shape index (κ2) is 46.1. The predicted octanol–water partition coefficient (Wildman–Crippen LogP) is 3.63. The molecule has 0 aromatic carbocycles. The van der Waals surface area contributed by atoms with Crippen LogP contribution in [0.4, 0.5) is 0 Å². The Labute approximate surface area is 341 Å². The minimum Gasteiger partial charge on any atom is -0.854 e. The summed E-state index contributed by atoms with van der Waals surface area (Å²) in [4.78, 5) is 87.5. The maximum Gasteiger partial charge on any atom is 4.00 e. The van der Waals surface area contributed by atoms with Gasteiger partial charge in [-0.2, -0.15) is 4.31 Å². The van der Waals surface area contributed by atoms with E-state index in [1.54, 1.807) is 0 Å². The van der Waals surface area contributed by atoms with Crippen molar-refractivity contribution in [1.82, 2.24) is 0 Å². The Morgan fingerprint density at radius 1 is 0.463 bits per heavy atom. The van der Waals surface area contributed by atoms with E-state index in [2.05, 4.69) is 47.3 Å². The van der Waals surface area contributed by atoms with Gasteiger partial charge in [-0.05, 0) is 19.3 Å². The van der Waals surface area contributed by atoms with Gasteiger partial charge >= 0.3 is 37.4 Å². The Kier molecular flexibility index (Phi) is 55.7. The zero-order valence-corrected chi connectivity index (χ0v) is 39.4. The number of phosphoric acid groups is 3. The Balaban J connectivity index is -0.000000207. The minimum atomic E-state index is -5.18. The van der Waals surface area contributed by atoms with Crippen LogP contribution in [0.15, 0.2) is 0 Å². The summed E-state index contributed by atoms with van der Waals surface area (Å²) in [6.45, 7) is 9.04. The molecule has 4 atom stereocenters. The van der Waals surface area contributed by atoms with Gasteiger partial charge in [-0.15, -0.1) is 15.2 Å². The van der Waals surface area contributed by atoms with Crippen LogP contribution in [0.5, 0.6) is 0 Å². The first-order chi connectivity index (χ1) is 24.8. The van der Waals surface area contributed by atoms with Gasteiger partial charge in [-0.25, -0.2) is 18.1 Å². The standard InChI is InChI=1S/3C8H20O6P2.C4H9O.Ti/c3*1-2-3-4-5-6-7-8-13-15(9)14-16(10,11)12;1-2-3-4-5;/h3*15H,2-8H2,1H3,(H2,10,11,12);2-4H2,1H3;/q;;;-1;+4/p-3. The molecule has 0 bridgehead atoms. The predicted molar refractivity (Wildman–Crippen MR) is 195 cm³/mol. The Morgan fingerprint density at radius 2 is 0.741 bits per heavy atom. The molecule has 0 fully saturated rings. The van der Waals surface area contributed by atoms with Gasteiger partial charge in [0, 0.05) is 0 Å². The quantitative estimate of drug-likeness (QED) is 0.0492. The van der Waals surface area contributed by atoms with E-state index in [0.717, 1.165) is 70.6 Å². The molecule has 0 amide bonds. The van der Waals surface area contributed by atoms with Crippen LogP contribution in [-0.4, -0.2) is 41.1 Å². The second-order valence-electron chi connectivity index (χ2n) is 11.3. The molecule has 0 radical (unpaired) electrons. The molecule has 0 aliphatic carbocycles. The molecule has 0 aromatic heterocycles. The van der Waals surface area contributed by atoms with Crippen LogP contribution in [0.2, 0.25) is 0 Å². The van der Waals surface area contributed by atoms with Crippen molar-refractivity contribution >= 4 is 49.3 Å². The molecule has 54 heavy (non-hydrogen) atoms. The number of unbranched alkanes of at least 4 members (excludes halogenated alkanes) is 16. The van der Waals surface area contributed by atoms with E-state index in [-0.39, 0.29) is 48.1 Å². The molecule has 0 aliphatic heterocycles. The van der Waals surface area contributed by atoms with E-state index in [4.69, 9.17) is 14.7 Å². The van der Waals surface area contributed by atoms with Crippen molar-refractivity contribution in [2.75, 3.05) is 26.4 Å². The van der Waals surface area contributed by atoms with Gasteiger partial charge in [0.25, 0.3) is 0 Å². The molecule has 19 nitrogen and oxygen atoms in total. The average Bonchev–Trinajstić information content (AvgIpc) is 3.02. The van der Waals surface area contributed by atoms with Gasteiger partial charge in [-0.3, -0.25) is 4.57 Å². The summed E-state index contributed by atoms with van der Waals surface area (Å²) in [5.74, 6) is 0. The van der Waals surface area contributed by atoms with Gasteiger partial charge in [0.2, 0.25) is 25.8 Å². The molecule has 0 aliphatic rings. The van der Waals surface area contributed by atoms with Crippen LogP contribution < -0.4 is 34.5 Å². The largest absolute Gasteiger partial charge is 4.00 e. The fourth-order valence-electron chi connectivity index (χ4n) is 3.62. The SMILES string of the molecule is CCCCCCCCO[PH+]([O-])OP(=O)(O)O.CCCCCCCCO[PH+]([O-])OP(=O)([O-])O.CCCCCCCCO[PH+]([O-])OP(=O)([O-])[O-].CCCC[O-].[Ti+4]. The van der Waals surface area contributed by atoms with Gasteiger partial charge in [0.15, 0.2) is 0 Å². The van der Waals surface area contributed by atoms with E-state index in [1.807, 2.05) is 6.92 Å². The third-order valence-corrected chi connectivity index (χ3v) is 12.1.